The van der Waals surface area contributed by atoms with Crippen molar-refractivity contribution in [2.45, 2.75) is 51.5 Å². The van der Waals surface area contributed by atoms with Crippen molar-refractivity contribution in [3.63, 3.8) is 0 Å². The summed E-state index contributed by atoms with van der Waals surface area (Å²) in [4.78, 5) is 12.1. The van der Waals surface area contributed by atoms with Crippen LogP contribution in [0.15, 0.2) is 48.5 Å². The Hall–Kier alpha value is -2.29. The molecule has 1 N–H and O–H groups in total. The number of hydrogen-bond acceptors (Lipinski definition) is 2. The quantitative estimate of drug-likeness (QED) is 0.827. The third-order valence-electron chi connectivity index (χ3n) is 4.81. The summed E-state index contributed by atoms with van der Waals surface area (Å²) in [7, 11) is 0. The van der Waals surface area contributed by atoms with Crippen LogP contribution in [0.3, 0.4) is 0 Å². The van der Waals surface area contributed by atoms with Crippen molar-refractivity contribution in [3.05, 3.63) is 65.2 Å². The Morgan fingerprint density at radius 3 is 2.64 bits per heavy atom. The van der Waals surface area contributed by atoms with E-state index >= 15 is 0 Å². The summed E-state index contributed by atoms with van der Waals surface area (Å²) in [6.45, 7) is 2.12. The zero-order valence-corrected chi connectivity index (χ0v) is 15.0. The first kappa shape index (κ1) is 17.5. The molecule has 132 valence electrons. The van der Waals surface area contributed by atoms with Crippen LogP contribution in [-0.2, 0) is 24.1 Å². The van der Waals surface area contributed by atoms with Gasteiger partial charge in [0.2, 0.25) is 0 Å². The van der Waals surface area contributed by atoms with Crippen LogP contribution in [-0.4, -0.2) is 18.6 Å². The Balaban J connectivity index is 1.41. The molecule has 1 aliphatic rings. The fraction of sp³-hybridized carbons (Fsp3) is 0.409. The molecule has 2 aromatic rings. The average molecular weight is 337 g/mol. The van der Waals surface area contributed by atoms with E-state index in [0.717, 1.165) is 31.4 Å². The highest BCUT2D eigenvalue weighted by molar-refractivity contribution is 5.77. The summed E-state index contributed by atoms with van der Waals surface area (Å²) in [5.74, 6) is 0.742. The predicted octanol–water partition coefficient (Wildman–Crippen LogP) is 4.08. The van der Waals surface area contributed by atoms with Gasteiger partial charge in [-0.25, -0.2) is 0 Å². The fourth-order valence-electron chi connectivity index (χ4n) is 3.36. The lowest BCUT2D eigenvalue weighted by Crippen LogP contribution is -2.36. The number of aryl methyl sites for hydroxylation is 3. The van der Waals surface area contributed by atoms with Crippen LogP contribution in [0.1, 0.15) is 42.9 Å². The van der Waals surface area contributed by atoms with Gasteiger partial charge in [0.1, 0.15) is 5.75 Å². The van der Waals surface area contributed by atoms with E-state index in [-0.39, 0.29) is 18.6 Å². The van der Waals surface area contributed by atoms with Crippen LogP contribution in [0.2, 0.25) is 0 Å². The summed E-state index contributed by atoms with van der Waals surface area (Å²) in [5.41, 5.74) is 4.10. The molecule has 0 saturated carbocycles. The van der Waals surface area contributed by atoms with Gasteiger partial charge in [0, 0.05) is 6.04 Å². The minimum absolute atomic E-state index is 0.0571. The lowest BCUT2D eigenvalue weighted by molar-refractivity contribution is -0.123. The second kappa shape index (κ2) is 8.70. The Morgan fingerprint density at radius 2 is 1.84 bits per heavy atom. The van der Waals surface area contributed by atoms with E-state index in [4.69, 9.17) is 4.74 Å². The smallest absolute Gasteiger partial charge is 0.258 e. The van der Waals surface area contributed by atoms with Crippen LogP contribution >= 0.6 is 0 Å². The van der Waals surface area contributed by atoms with Gasteiger partial charge in [0.25, 0.3) is 5.91 Å². The van der Waals surface area contributed by atoms with Crippen molar-refractivity contribution >= 4 is 5.91 Å². The van der Waals surface area contributed by atoms with Crippen molar-refractivity contribution in [2.75, 3.05) is 6.61 Å². The van der Waals surface area contributed by atoms with E-state index in [1.807, 2.05) is 31.2 Å². The first-order valence-electron chi connectivity index (χ1n) is 9.28. The number of hydrogen-bond donors (Lipinski definition) is 1. The molecule has 0 bridgehead atoms. The maximum atomic E-state index is 12.1. The Bertz CT molecular complexity index is 696. The summed E-state index contributed by atoms with van der Waals surface area (Å²) in [6, 6.07) is 16.7. The second-order valence-electron chi connectivity index (χ2n) is 6.92. The molecule has 3 heteroatoms. The SMILES string of the molecule is C[C@H](CCc1ccccc1)NC(=O)COc1ccc2c(c1)CCCC2. The molecule has 1 aliphatic carbocycles. The number of amides is 1. The third kappa shape index (κ3) is 5.35. The maximum absolute atomic E-state index is 12.1. The highest BCUT2D eigenvalue weighted by Gasteiger charge is 2.12. The van der Waals surface area contributed by atoms with E-state index in [9.17, 15) is 4.79 Å². The molecule has 1 amide bonds. The van der Waals surface area contributed by atoms with E-state index in [2.05, 4.69) is 29.6 Å². The average Bonchev–Trinajstić information content (AvgIpc) is 2.65. The van der Waals surface area contributed by atoms with E-state index in [1.54, 1.807) is 0 Å². The highest BCUT2D eigenvalue weighted by atomic mass is 16.5. The number of rotatable bonds is 7. The predicted molar refractivity (Wildman–Crippen MR) is 101 cm³/mol. The van der Waals surface area contributed by atoms with Gasteiger partial charge < -0.3 is 10.1 Å². The zero-order valence-electron chi connectivity index (χ0n) is 15.0. The molecule has 3 rings (SSSR count). The number of ether oxygens (including phenoxy) is 1. The van der Waals surface area contributed by atoms with Crippen molar-refractivity contribution in [2.24, 2.45) is 0 Å². The molecule has 2 aromatic carbocycles. The van der Waals surface area contributed by atoms with Crippen LogP contribution in [0, 0.1) is 0 Å². The van der Waals surface area contributed by atoms with Gasteiger partial charge in [-0.1, -0.05) is 36.4 Å². The Labute approximate surface area is 150 Å². The van der Waals surface area contributed by atoms with Gasteiger partial charge in [-0.15, -0.1) is 0 Å². The van der Waals surface area contributed by atoms with Crippen molar-refractivity contribution in [1.82, 2.24) is 5.32 Å². The van der Waals surface area contributed by atoms with Crippen LogP contribution in [0.25, 0.3) is 0 Å². The normalized spacial score (nSPS) is 14.4. The molecular formula is C22H27NO2. The number of carbonyl (C=O) groups is 1. The summed E-state index contributed by atoms with van der Waals surface area (Å²) < 4.78 is 5.69. The standard InChI is InChI=1S/C22H27NO2/c1-17(11-12-18-7-3-2-4-8-18)23-22(24)16-25-21-14-13-19-9-5-6-10-20(19)15-21/h2-4,7-8,13-15,17H,5-6,9-12,16H2,1H3,(H,23,24)/t17-/m1/s1. The first-order valence-corrected chi connectivity index (χ1v) is 9.28. The molecule has 3 nitrogen and oxygen atoms in total. The molecule has 0 aromatic heterocycles. The lowest BCUT2D eigenvalue weighted by atomic mass is 9.92. The molecule has 1 atom stereocenters. The summed E-state index contributed by atoms with van der Waals surface area (Å²) in [5, 5.41) is 3.02. The van der Waals surface area contributed by atoms with Crippen molar-refractivity contribution < 1.29 is 9.53 Å². The van der Waals surface area contributed by atoms with Gasteiger partial charge >= 0.3 is 0 Å². The molecular weight excluding hydrogens is 310 g/mol. The largest absolute Gasteiger partial charge is 0.484 e. The topological polar surface area (TPSA) is 38.3 Å². The fourth-order valence-corrected chi connectivity index (χ4v) is 3.36. The van der Waals surface area contributed by atoms with Crippen molar-refractivity contribution in [3.8, 4) is 5.75 Å². The molecule has 0 spiro atoms. The monoisotopic (exact) mass is 337 g/mol. The molecule has 0 heterocycles. The van der Waals surface area contributed by atoms with Crippen LogP contribution < -0.4 is 10.1 Å². The minimum atomic E-state index is -0.0571. The number of carbonyl (C=O) groups excluding carboxylic acids is 1. The van der Waals surface area contributed by atoms with Gasteiger partial charge in [0.15, 0.2) is 6.61 Å². The highest BCUT2D eigenvalue weighted by Crippen LogP contribution is 2.25. The van der Waals surface area contributed by atoms with Gasteiger partial charge in [-0.05, 0) is 74.3 Å². The summed E-state index contributed by atoms with van der Waals surface area (Å²) >= 11 is 0. The number of fused-ring (bicyclic) bond motifs is 1. The number of benzene rings is 2. The number of nitrogens with one attached hydrogen (secondary N) is 1. The van der Waals surface area contributed by atoms with E-state index in [1.165, 1.54) is 29.5 Å². The first-order chi connectivity index (χ1) is 12.2. The van der Waals surface area contributed by atoms with Crippen LogP contribution in [0.5, 0.6) is 5.75 Å². The molecule has 0 saturated heterocycles. The van der Waals surface area contributed by atoms with Gasteiger partial charge in [-0.3, -0.25) is 4.79 Å². The van der Waals surface area contributed by atoms with Crippen LogP contribution in [0.4, 0.5) is 0 Å². The zero-order chi connectivity index (χ0) is 17.5. The maximum Gasteiger partial charge on any atom is 0.258 e. The second-order valence-corrected chi connectivity index (χ2v) is 6.92. The molecule has 0 unspecified atom stereocenters. The molecule has 0 aliphatic heterocycles. The van der Waals surface area contributed by atoms with Gasteiger partial charge in [-0.2, -0.15) is 0 Å². The minimum Gasteiger partial charge on any atom is -0.484 e. The van der Waals surface area contributed by atoms with E-state index in [0.29, 0.717) is 0 Å². The Kier molecular flexibility index (Phi) is 6.10. The van der Waals surface area contributed by atoms with E-state index < -0.39 is 0 Å². The molecule has 0 radical (unpaired) electrons. The summed E-state index contributed by atoms with van der Waals surface area (Å²) in [6.07, 6.45) is 6.69. The molecule has 25 heavy (non-hydrogen) atoms. The lowest BCUT2D eigenvalue weighted by Gasteiger charge is -2.17. The molecule has 0 fully saturated rings. The van der Waals surface area contributed by atoms with Gasteiger partial charge in [0.05, 0.1) is 0 Å². The Morgan fingerprint density at radius 1 is 1.08 bits per heavy atom. The van der Waals surface area contributed by atoms with Crippen molar-refractivity contribution in [1.29, 1.82) is 0 Å². The third-order valence-corrected chi connectivity index (χ3v) is 4.81.